The van der Waals surface area contributed by atoms with Gasteiger partial charge >= 0.3 is 0 Å². The van der Waals surface area contributed by atoms with Crippen LogP contribution in [-0.2, 0) is 10.8 Å². The van der Waals surface area contributed by atoms with Crippen LogP contribution in [0, 0.1) is 27.7 Å². The zero-order chi connectivity index (χ0) is 78.0. The molecular formula is C102H152N4S6. The Bertz CT molecular complexity index is 4100. The van der Waals surface area contributed by atoms with E-state index >= 15 is 0 Å². The van der Waals surface area contributed by atoms with Gasteiger partial charge in [0.25, 0.3) is 0 Å². The maximum absolute atomic E-state index is 5.61. The Hall–Kier alpha value is -3.64. The summed E-state index contributed by atoms with van der Waals surface area (Å²) >= 11 is 10.9. The van der Waals surface area contributed by atoms with Crippen LogP contribution >= 0.6 is 68.8 Å². The molecule has 3 aromatic carbocycles. The molecule has 0 unspecified atom stereocenters. The Kier molecular flexibility index (Phi) is 38.6. The first kappa shape index (κ1) is 89.2. The molecule has 0 N–H and O–H groups in total. The lowest BCUT2D eigenvalue weighted by molar-refractivity contribution is 0.393. The van der Waals surface area contributed by atoms with Gasteiger partial charge in [0, 0.05) is 66.2 Å². The standard InChI is InChI=1S/C102H152N4S6/c1-9-13-17-21-25-29-33-37-41-45-49-53-57-61-69-101(70-62-58-54-50-46-42-38-34-30-26-22-18-14-10-2)84-75-82-85(74-81(84)91-86(101)73-77(5)93-95(91)105-111-103-93)102(71-63-59-55-51-47-43-39-35-31-27-23-19-15-11-3,72-64-60-56-52-48-44-40-36-32-28-24-20-16-12-4)87-76-83(94-96(92(82)87)106-112-104-94)88-67-68-90(108-88)98-80(8)100-99(110-98)79(7)97(109-100)89-66-65-78(6)107-89/h65-68,73-76H,9-64,69-72H2,1-8H3. The molecule has 0 radical (unpaired) electrons. The van der Waals surface area contributed by atoms with Crippen LogP contribution in [0.1, 0.15) is 457 Å². The average molecular weight is 1630 g/mol. The zero-order valence-electron chi connectivity index (χ0n) is 72.3. The smallest absolute Gasteiger partial charge is 0.114 e. The van der Waals surface area contributed by atoms with Gasteiger partial charge in [0.05, 0.1) is 23.5 Å². The molecule has 112 heavy (non-hydrogen) atoms. The Balaban J connectivity index is 0.939. The van der Waals surface area contributed by atoms with Gasteiger partial charge in [0.2, 0.25) is 0 Å². The molecule has 616 valence electrons. The number of hydrogen-bond acceptors (Lipinski definition) is 10. The van der Waals surface area contributed by atoms with Crippen molar-refractivity contribution in [3.8, 4) is 52.2 Å². The minimum atomic E-state index is -0.162. The summed E-state index contributed by atoms with van der Waals surface area (Å²) in [5.74, 6) is 0. The highest BCUT2D eigenvalue weighted by molar-refractivity contribution is 7.34. The summed E-state index contributed by atoms with van der Waals surface area (Å²) in [6.07, 6.45) is 82.3. The fourth-order valence-electron chi connectivity index (χ4n) is 20.2. The van der Waals surface area contributed by atoms with Crippen molar-refractivity contribution in [3.63, 3.8) is 0 Å². The molecule has 4 nitrogen and oxygen atoms in total. The van der Waals surface area contributed by atoms with Gasteiger partial charge in [-0.3, -0.25) is 0 Å². The van der Waals surface area contributed by atoms with E-state index in [4.69, 9.17) is 17.5 Å². The Morgan fingerprint density at radius 3 is 0.848 bits per heavy atom. The molecule has 0 atom stereocenters. The molecule has 0 saturated heterocycles. The summed E-state index contributed by atoms with van der Waals surface area (Å²) in [5, 5.41) is 0. The summed E-state index contributed by atoms with van der Waals surface area (Å²) in [6.45, 7) is 18.7. The summed E-state index contributed by atoms with van der Waals surface area (Å²) in [7, 11) is 0. The number of aromatic nitrogens is 4. The summed E-state index contributed by atoms with van der Waals surface area (Å²) in [6, 6.07) is 20.7. The number of thiophene rings is 4. The first-order chi connectivity index (χ1) is 55.2. The molecule has 0 aliphatic heterocycles. The first-order valence-corrected chi connectivity index (χ1v) is 52.4. The van der Waals surface area contributed by atoms with Gasteiger partial charge in [-0.05, 0) is 146 Å². The third-order valence-corrected chi connectivity index (χ3v) is 33.4. The molecular weight excluding hydrogens is 1470 g/mol. The second kappa shape index (κ2) is 48.4. The topological polar surface area (TPSA) is 51.6 Å². The Morgan fingerprint density at radius 1 is 0.250 bits per heavy atom. The number of fused-ring (bicyclic) bond motifs is 11. The lowest BCUT2D eigenvalue weighted by Crippen LogP contribution is -2.27. The molecule has 6 aromatic heterocycles. The van der Waals surface area contributed by atoms with E-state index in [1.807, 2.05) is 45.3 Å². The van der Waals surface area contributed by atoms with Crippen molar-refractivity contribution < 1.29 is 0 Å². The van der Waals surface area contributed by atoms with Crippen LogP contribution in [0.15, 0.2) is 48.5 Å². The van der Waals surface area contributed by atoms with Crippen LogP contribution in [0.4, 0.5) is 0 Å². The highest BCUT2D eigenvalue weighted by Crippen LogP contribution is 2.64. The number of aryl methyl sites for hydroxylation is 4. The number of rotatable bonds is 63. The number of benzene rings is 3. The van der Waals surface area contributed by atoms with E-state index in [0.29, 0.717) is 0 Å². The van der Waals surface area contributed by atoms with E-state index in [1.54, 1.807) is 22.3 Å². The van der Waals surface area contributed by atoms with Crippen molar-refractivity contribution in [3.05, 3.63) is 92.4 Å². The Morgan fingerprint density at radius 2 is 0.518 bits per heavy atom. The number of nitrogens with zero attached hydrogens (tertiary/aromatic N) is 4. The second-order valence-electron chi connectivity index (χ2n) is 35.7. The maximum Gasteiger partial charge on any atom is 0.114 e. The lowest BCUT2D eigenvalue weighted by atomic mass is 9.68. The van der Waals surface area contributed by atoms with Crippen molar-refractivity contribution >= 4 is 100 Å². The first-order valence-electron chi connectivity index (χ1n) is 47.6. The summed E-state index contributed by atoms with van der Waals surface area (Å²) < 4.78 is 24.6. The van der Waals surface area contributed by atoms with Gasteiger partial charge in [-0.15, -0.1) is 45.3 Å². The van der Waals surface area contributed by atoms with Gasteiger partial charge in [-0.25, -0.2) is 0 Å². The summed E-state index contributed by atoms with van der Waals surface area (Å²) in [5.41, 5.74) is 22.0. The van der Waals surface area contributed by atoms with E-state index < -0.39 is 0 Å². The molecule has 2 aliphatic rings. The van der Waals surface area contributed by atoms with Gasteiger partial charge in [-0.1, -0.05) is 393 Å². The summed E-state index contributed by atoms with van der Waals surface area (Å²) in [4.78, 5) is 8.39. The molecule has 9 aromatic rings. The predicted octanol–water partition coefficient (Wildman–Crippen LogP) is 37.3. The van der Waals surface area contributed by atoms with E-state index in [1.165, 1.54) is 497 Å². The van der Waals surface area contributed by atoms with Crippen LogP contribution < -0.4 is 0 Å². The van der Waals surface area contributed by atoms with Crippen LogP contribution in [0.3, 0.4) is 0 Å². The molecule has 6 heterocycles. The van der Waals surface area contributed by atoms with E-state index in [0.717, 1.165) is 16.6 Å². The molecule has 0 spiro atoms. The molecule has 2 aliphatic carbocycles. The second-order valence-corrected chi connectivity index (χ2v) is 41.2. The van der Waals surface area contributed by atoms with Crippen molar-refractivity contribution in [1.29, 1.82) is 0 Å². The van der Waals surface area contributed by atoms with Crippen LogP contribution in [-0.4, -0.2) is 17.5 Å². The minimum Gasteiger partial charge on any atom is -0.173 e. The van der Waals surface area contributed by atoms with Crippen LogP contribution in [0.2, 0.25) is 0 Å². The van der Waals surface area contributed by atoms with Crippen molar-refractivity contribution in [2.75, 3.05) is 0 Å². The molecule has 0 bridgehead atoms. The number of hydrogen-bond donors (Lipinski definition) is 0. The molecule has 0 amide bonds. The fraction of sp³-hybridized carbons (Fsp3) is 0.686. The van der Waals surface area contributed by atoms with Crippen LogP contribution in [0.25, 0.3) is 83.7 Å². The van der Waals surface area contributed by atoms with Gasteiger partial charge in [0.15, 0.2) is 0 Å². The van der Waals surface area contributed by atoms with Gasteiger partial charge < -0.3 is 0 Å². The third-order valence-electron chi connectivity index (χ3n) is 26.9. The quantitative estimate of drug-likeness (QED) is 0.0357. The predicted molar refractivity (Wildman–Crippen MR) is 505 cm³/mol. The fourth-order valence-corrected chi connectivity index (χ4v) is 26.4. The monoisotopic (exact) mass is 1630 g/mol. The van der Waals surface area contributed by atoms with E-state index in [-0.39, 0.29) is 10.8 Å². The Labute approximate surface area is 708 Å². The lowest BCUT2D eigenvalue weighted by Gasteiger charge is -2.35. The largest absolute Gasteiger partial charge is 0.173 e. The maximum atomic E-state index is 5.61. The minimum absolute atomic E-state index is 0.102. The van der Waals surface area contributed by atoms with Crippen molar-refractivity contribution in [1.82, 2.24) is 17.5 Å². The highest BCUT2D eigenvalue weighted by atomic mass is 32.1. The highest BCUT2D eigenvalue weighted by Gasteiger charge is 2.50. The molecule has 10 heteroatoms. The van der Waals surface area contributed by atoms with Crippen molar-refractivity contribution in [2.24, 2.45) is 0 Å². The normalized spacial score (nSPS) is 13.5. The molecule has 11 rings (SSSR count). The van der Waals surface area contributed by atoms with E-state index in [2.05, 4.69) is 104 Å². The average Bonchev–Trinajstić information content (AvgIpc) is 1.51. The van der Waals surface area contributed by atoms with E-state index in [9.17, 15) is 0 Å². The van der Waals surface area contributed by atoms with Crippen LogP contribution in [0.5, 0.6) is 0 Å². The van der Waals surface area contributed by atoms with Gasteiger partial charge in [-0.2, -0.15) is 17.5 Å². The zero-order valence-corrected chi connectivity index (χ0v) is 77.2. The molecule has 0 saturated carbocycles. The van der Waals surface area contributed by atoms with Gasteiger partial charge in [0.1, 0.15) is 22.1 Å². The third kappa shape index (κ3) is 23.9. The number of unbranched alkanes of at least 4 members (excludes halogenated alkanes) is 52. The van der Waals surface area contributed by atoms with Crippen molar-refractivity contribution in [2.45, 2.75) is 451 Å². The SMILES string of the molecule is CCCCCCCCCCCCCCCCC1(CCCCCCCCCCCCCCCC)c2cc3c(cc2-c2c1cc(C)c1nsnc21)C(CCCCCCCCCCCCCCCC)(CCCCCCCCCCCCCCCC)c1cc(-c2ccc(-c4sc5c(C)c(-c6ccc(C)s6)sc5c4C)s2)c2nsnc2c1-3. The molecule has 0 fully saturated rings.